The number of amides is 1. The van der Waals surface area contributed by atoms with Crippen molar-refractivity contribution in [3.63, 3.8) is 0 Å². The Bertz CT molecular complexity index is 521. The van der Waals surface area contributed by atoms with E-state index in [2.05, 4.69) is 22.7 Å². The van der Waals surface area contributed by atoms with E-state index in [0.717, 1.165) is 12.8 Å². The number of nitrogens with one attached hydrogen (secondary N) is 2. The smallest absolute Gasteiger partial charge is 0.407 e. The number of alkyl carbamates (subject to hydrolysis) is 1. The van der Waals surface area contributed by atoms with Crippen molar-refractivity contribution in [2.45, 2.75) is 64.6 Å². The largest absolute Gasteiger partial charge is 0.444 e. The molecular formula is C17H30N4O2. The van der Waals surface area contributed by atoms with Gasteiger partial charge in [-0.05, 0) is 52.5 Å². The van der Waals surface area contributed by atoms with Crippen LogP contribution < -0.4 is 10.6 Å². The van der Waals surface area contributed by atoms with E-state index in [0.29, 0.717) is 18.5 Å². The van der Waals surface area contributed by atoms with E-state index >= 15 is 0 Å². The molecule has 6 heteroatoms. The third-order valence-electron chi connectivity index (χ3n) is 4.33. The molecular weight excluding hydrogens is 292 g/mol. The van der Waals surface area contributed by atoms with Gasteiger partial charge in [-0.2, -0.15) is 5.10 Å². The van der Waals surface area contributed by atoms with E-state index in [1.807, 2.05) is 44.8 Å². The number of carbonyl (C=O) groups is 1. The third-order valence-corrected chi connectivity index (χ3v) is 4.33. The zero-order valence-electron chi connectivity index (χ0n) is 14.9. The van der Waals surface area contributed by atoms with Gasteiger partial charge < -0.3 is 15.4 Å². The number of ether oxygens (including phenoxy) is 1. The van der Waals surface area contributed by atoms with Crippen LogP contribution in [-0.4, -0.2) is 34.1 Å². The van der Waals surface area contributed by atoms with Crippen LogP contribution in [-0.2, 0) is 11.8 Å². The van der Waals surface area contributed by atoms with Gasteiger partial charge in [0.15, 0.2) is 0 Å². The molecule has 2 N–H and O–H groups in total. The van der Waals surface area contributed by atoms with E-state index in [1.165, 1.54) is 12.1 Å². The SMILES string of the molecule is CC(NC1CCCC1CNC(=O)OC(C)(C)C)c1ccnn1C. The Morgan fingerprint density at radius 2 is 2.22 bits per heavy atom. The molecule has 0 aromatic carbocycles. The Morgan fingerprint density at radius 3 is 2.83 bits per heavy atom. The van der Waals surface area contributed by atoms with Gasteiger partial charge in [-0.3, -0.25) is 4.68 Å². The van der Waals surface area contributed by atoms with Crippen molar-refractivity contribution >= 4 is 6.09 Å². The standard InChI is InChI=1S/C17H30N4O2/c1-12(15-9-10-19-21(15)5)20-14-8-6-7-13(14)11-18-16(22)23-17(2,3)4/h9-10,12-14,20H,6-8,11H2,1-5H3,(H,18,22). The van der Waals surface area contributed by atoms with Crippen molar-refractivity contribution in [3.05, 3.63) is 18.0 Å². The van der Waals surface area contributed by atoms with Gasteiger partial charge in [0.2, 0.25) is 0 Å². The average Bonchev–Trinajstić information content (AvgIpc) is 3.03. The fraction of sp³-hybridized carbons (Fsp3) is 0.765. The first-order valence-corrected chi connectivity index (χ1v) is 8.47. The number of rotatable bonds is 5. The molecule has 23 heavy (non-hydrogen) atoms. The predicted octanol–water partition coefficient (Wildman–Crippen LogP) is 2.76. The number of hydrogen-bond donors (Lipinski definition) is 2. The van der Waals surface area contributed by atoms with Gasteiger partial charge in [-0.15, -0.1) is 0 Å². The van der Waals surface area contributed by atoms with Crippen molar-refractivity contribution < 1.29 is 9.53 Å². The molecule has 1 fully saturated rings. The lowest BCUT2D eigenvalue weighted by Crippen LogP contribution is -2.42. The van der Waals surface area contributed by atoms with Crippen LogP contribution in [0, 0.1) is 5.92 Å². The molecule has 1 saturated carbocycles. The maximum atomic E-state index is 11.8. The Hall–Kier alpha value is -1.56. The zero-order chi connectivity index (χ0) is 17.0. The van der Waals surface area contributed by atoms with E-state index in [1.54, 1.807) is 0 Å². The van der Waals surface area contributed by atoms with Gasteiger partial charge in [0.05, 0.1) is 5.69 Å². The molecule has 2 rings (SSSR count). The number of nitrogens with zero attached hydrogens (tertiary/aromatic N) is 2. The molecule has 1 aliphatic carbocycles. The minimum atomic E-state index is -0.453. The van der Waals surface area contributed by atoms with Crippen molar-refractivity contribution in [2.24, 2.45) is 13.0 Å². The molecule has 1 heterocycles. The van der Waals surface area contributed by atoms with Crippen molar-refractivity contribution in [2.75, 3.05) is 6.54 Å². The Balaban J connectivity index is 1.83. The molecule has 1 aromatic rings. The summed E-state index contributed by atoms with van der Waals surface area (Å²) in [5.41, 5.74) is 0.724. The molecule has 3 atom stereocenters. The highest BCUT2D eigenvalue weighted by atomic mass is 16.6. The molecule has 1 amide bonds. The first-order chi connectivity index (χ1) is 10.8. The van der Waals surface area contributed by atoms with Gasteiger partial charge in [0.1, 0.15) is 5.60 Å². The van der Waals surface area contributed by atoms with E-state index < -0.39 is 5.60 Å². The molecule has 1 aromatic heterocycles. The van der Waals surface area contributed by atoms with Gasteiger partial charge in [0, 0.05) is 31.9 Å². The summed E-state index contributed by atoms with van der Waals surface area (Å²) in [5.74, 6) is 0.443. The second-order valence-corrected chi connectivity index (χ2v) is 7.45. The third kappa shape index (κ3) is 5.23. The molecule has 0 aliphatic heterocycles. The lowest BCUT2D eigenvalue weighted by atomic mass is 10.0. The van der Waals surface area contributed by atoms with E-state index in [-0.39, 0.29) is 12.1 Å². The van der Waals surface area contributed by atoms with Crippen LogP contribution in [0.5, 0.6) is 0 Å². The van der Waals surface area contributed by atoms with Gasteiger partial charge in [-0.1, -0.05) is 6.42 Å². The van der Waals surface area contributed by atoms with Crippen LogP contribution in [0.2, 0.25) is 0 Å². The summed E-state index contributed by atoms with van der Waals surface area (Å²) < 4.78 is 7.21. The summed E-state index contributed by atoms with van der Waals surface area (Å²) in [6, 6.07) is 2.70. The minimum absolute atomic E-state index is 0.245. The molecule has 1 aliphatic rings. The quantitative estimate of drug-likeness (QED) is 0.874. The average molecular weight is 322 g/mol. The maximum Gasteiger partial charge on any atom is 0.407 e. The van der Waals surface area contributed by atoms with Gasteiger partial charge in [-0.25, -0.2) is 4.79 Å². The second-order valence-electron chi connectivity index (χ2n) is 7.45. The van der Waals surface area contributed by atoms with Crippen molar-refractivity contribution in [1.82, 2.24) is 20.4 Å². The number of carbonyl (C=O) groups excluding carboxylic acids is 1. The lowest BCUT2D eigenvalue weighted by molar-refractivity contribution is 0.0517. The minimum Gasteiger partial charge on any atom is -0.444 e. The van der Waals surface area contributed by atoms with E-state index in [4.69, 9.17) is 4.74 Å². The summed E-state index contributed by atoms with van der Waals surface area (Å²) in [6.07, 6.45) is 4.96. The molecule has 0 spiro atoms. The fourth-order valence-corrected chi connectivity index (χ4v) is 3.24. The first kappa shape index (κ1) is 17.8. The summed E-state index contributed by atoms with van der Waals surface area (Å²) in [7, 11) is 1.96. The first-order valence-electron chi connectivity index (χ1n) is 8.47. The topological polar surface area (TPSA) is 68.2 Å². The highest BCUT2D eigenvalue weighted by molar-refractivity contribution is 5.67. The highest BCUT2D eigenvalue weighted by Crippen LogP contribution is 2.27. The van der Waals surface area contributed by atoms with Crippen LogP contribution in [0.1, 0.15) is 58.7 Å². The van der Waals surface area contributed by atoms with Crippen LogP contribution in [0.15, 0.2) is 12.3 Å². The Labute approximate surface area is 139 Å². The van der Waals surface area contributed by atoms with E-state index in [9.17, 15) is 4.79 Å². The number of aromatic nitrogens is 2. The molecule has 3 unspecified atom stereocenters. The number of hydrogen-bond acceptors (Lipinski definition) is 4. The van der Waals surface area contributed by atoms with Crippen LogP contribution >= 0.6 is 0 Å². The van der Waals surface area contributed by atoms with Crippen molar-refractivity contribution in [1.29, 1.82) is 0 Å². The number of aryl methyl sites for hydroxylation is 1. The summed E-state index contributed by atoms with van der Waals surface area (Å²) in [5, 5.41) is 10.8. The molecule has 0 radical (unpaired) electrons. The molecule has 0 bridgehead atoms. The van der Waals surface area contributed by atoms with Crippen molar-refractivity contribution in [3.8, 4) is 0 Å². The van der Waals surface area contributed by atoms with Crippen LogP contribution in [0.3, 0.4) is 0 Å². The zero-order valence-corrected chi connectivity index (χ0v) is 14.9. The van der Waals surface area contributed by atoms with Crippen LogP contribution in [0.25, 0.3) is 0 Å². The Kier molecular flexibility index (Phi) is 5.68. The molecule has 130 valence electrons. The molecule has 0 saturated heterocycles. The summed E-state index contributed by atoms with van der Waals surface area (Å²) in [4.78, 5) is 11.8. The summed E-state index contributed by atoms with van der Waals surface area (Å²) in [6.45, 7) is 8.45. The maximum absolute atomic E-state index is 11.8. The van der Waals surface area contributed by atoms with Gasteiger partial charge in [0.25, 0.3) is 0 Å². The normalized spacial score (nSPS) is 22.8. The van der Waals surface area contributed by atoms with Gasteiger partial charge >= 0.3 is 6.09 Å². The highest BCUT2D eigenvalue weighted by Gasteiger charge is 2.29. The summed E-state index contributed by atoms with van der Waals surface area (Å²) >= 11 is 0. The Morgan fingerprint density at radius 1 is 1.48 bits per heavy atom. The fourth-order valence-electron chi connectivity index (χ4n) is 3.24. The van der Waals surface area contributed by atoms with Crippen LogP contribution in [0.4, 0.5) is 4.79 Å². The monoisotopic (exact) mass is 322 g/mol. The molecule has 6 nitrogen and oxygen atoms in total. The predicted molar refractivity (Wildman–Crippen MR) is 90.1 cm³/mol. The second kappa shape index (κ2) is 7.34. The lowest BCUT2D eigenvalue weighted by Gasteiger charge is -2.26.